The molecule has 1 nitrogen and oxygen atoms in total. The fourth-order valence-electron chi connectivity index (χ4n) is 1.30. The van der Waals surface area contributed by atoms with E-state index in [-0.39, 0.29) is 6.04 Å². The van der Waals surface area contributed by atoms with Crippen molar-refractivity contribution in [2.24, 2.45) is 11.3 Å². The Morgan fingerprint density at radius 1 is 1.73 bits per heavy atom. The highest BCUT2D eigenvalue weighted by molar-refractivity contribution is 5.00. The average Bonchev–Trinajstić information content (AvgIpc) is 2.54. The minimum Gasteiger partial charge on any atom is -0.304 e. The predicted octanol–water partition coefficient (Wildman–Crippen LogP) is 1.64. The molecule has 2 unspecified atom stereocenters. The fraction of sp³-hybridized carbons (Fsp3) is 0.800. The lowest BCUT2D eigenvalue weighted by atomic mass is 10.1. The van der Waals surface area contributed by atoms with Gasteiger partial charge in [0.05, 0.1) is 6.04 Å². The van der Waals surface area contributed by atoms with Gasteiger partial charge in [0.25, 0.3) is 0 Å². The second kappa shape index (κ2) is 2.87. The highest BCUT2D eigenvalue weighted by atomic mass is 14.9. The van der Waals surface area contributed by atoms with E-state index in [9.17, 15) is 0 Å². The Kier molecular flexibility index (Phi) is 2.25. The molecule has 1 fully saturated rings. The summed E-state index contributed by atoms with van der Waals surface area (Å²) in [6.07, 6.45) is 6.58. The van der Waals surface area contributed by atoms with Crippen LogP contribution in [0.2, 0.25) is 0 Å². The van der Waals surface area contributed by atoms with Gasteiger partial charge in [-0.15, -0.1) is 6.42 Å². The number of hydrogen-bond acceptors (Lipinski definition) is 1. The largest absolute Gasteiger partial charge is 0.304 e. The van der Waals surface area contributed by atoms with Crippen molar-refractivity contribution in [2.45, 2.75) is 33.2 Å². The van der Waals surface area contributed by atoms with Gasteiger partial charge in [-0.25, -0.2) is 0 Å². The Bertz CT molecular complexity index is 176. The normalized spacial score (nSPS) is 29.1. The molecule has 1 saturated carbocycles. The molecule has 0 saturated heterocycles. The first-order valence-corrected chi connectivity index (χ1v) is 4.26. The topological polar surface area (TPSA) is 12.0 Å². The van der Waals surface area contributed by atoms with Gasteiger partial charge in [-0.05, 0) is 31.2 Å². The summed E-state index contributed by atoms with van der Waals surface area (Å²) in [4.78, 5) is 0. The maximum atomic E-state index is 5.23. The van der Waals surface area contributed by atoms with Crippen LogP contribution in [0.4, 0.5) is 0 Å². The Labute approximate surface area is 69.6 Å². The minimum atomic E-state index is 0.228. The van der Waals surface area contributed by atoms with Crippen molar-refractivity contribution in [1.82, 2.24) is 5.32 Å². The Morgan fingerprint density at radius 2 is 2.27 bits per heavy atom. The molecule has 0 heterocycles. The van der Waals surface area contributed by atoms with Crippen molar-refractivity contribution in [3.63, 3.8) is 0 Å². The molecule has 2 atom stereocenters. The number of nitrogens with one attached hydrogen (secondary N) is 1. The van der Waals surface area contributed by atoms with Crippen molar-refractivity contribution in [3.8, 4) is 12.3 Å². The maximum Gasteiger partial charge on any atom is 0.0658 e. The first kappa shape index (κ1) is 8.62. The van der Waals surface area contributed by atoms with Gasteiger partial charge < -0.3 is 5.32 Å². The van der Waals surface area contributed by atoms with Gasteiger partial charge >= 0.3 is 0 Å². The average molecular weight is 151 g/mol. The lowest BCUT2D eigenvalue weighted by Gasteiger charge is -2.07. The van der Waals surface area contributed by atoms with Crippen LogP contribution in [0.5, 0.6) is 0 Å². The zero-order valence-corrected chi connectivity index (χ0v) is 7.65. The molecule has 62 valence electrons. The third-order valence-corrected chi connectivity index (χ3v) is 2.64. The molecule has 1 heteroatoms. The highest BCUT2D eigenvalue weighted by Crippen LogP contribution is 2.50. The van der Waals surface area contributed by atoms with Gasteiger partial charge in [0.15, 0.2) is 0 Å². The van der Waals surface area contributed by atoms with E-state index >= 15 is 0 Å². The molecule has 0 bridgehead atoms. The van der Waals surface area contributed by atoms with Gasteiger partial charge in [-0.1, -0.05) is 19.8 Å². The predicted molar refractivity (Wildman–Crippen MR) is 48.2 cm³/mol. The lowest BCUT2D eigenvalue weighted by molar-refractivity contribution is 0.509. The third kappa shape index (κ3) is 2.24. The number of rotatable bonds is 3. The molecule has 0 amide bonds. The van der Waals surface area contributed by atoms with E-state index < -0.39 is 0 Å². The van der Waals surface area contributed by atoms with Crippen molar-refractivity contribution in [2.75, 3.05) is 6.54 Å². The van der Waals surface area contributed by atoms with Crippen LogP contribution in [-0.4, -0.2) is 12.6 Å². The molecule has 0 aromatic rings. The van der Waals surface area contributed by atoms with Crippen LogP contribution in [0.25, 0.3) is 0 Å². The summed E-state index contributed by atoms with van der Waals surface area (Å²) >= 11 is 0. The highest BCUT2D eigenvalue weighted by Gasteiger charge is 2.44. The van der Waals surface area contributed by atoms with Gasteiger partial charge in [0.1, 0.15) is 0 Å². The summed E-state index contributed by atoms with van der Waals surface area (Å²) in [5.41, 5.74) is 0.571. The standard InChI is InChI=1S/C10H17N/c1-5-8(2)11-7-9-6-10(9,3)4/h1,8-9,11H,6-7H2,2-4H3. The number of hydrogen-bond donors (Lipinski definition) is 1. The summed E-state index contributed by atoms with van der Waals surface area (Å²) < 4.78 is 0. The van der Waals surface area contributed by atoms with Crippen LogP contribution in [0.3, 0.4) is 0 Å². The third-order valence-electron chi connectivity index (χ3n) is 2.64. The van der Waals surface area contributed by atoms with Crippen molar-refractivity contribution in [1.29, 1.82) is 0 Å². The van der Waals surface area contributed by atoms with Crippen LogP contribution in [0.1, 0.15) is 27.2 Å². The monoisotopic (exact) mass is 151 g/mol. The zero-order valence-electron chi connectivity index (χ0n) is 7.65. The molecule has 11 heavy (non-hydrogen) atoms. The fourth-order valence-corrected chi connectivity index (χ4v) is 1.30. The first-order valence-electron chi connectivity index (χ1n) is 4.26. The summed E-state index contributed by atoms with van der Waals surface area (Å²) in [5, 5.41) is 3.31. The molecular formula is C10H17N. The van der Waals surface area contributed by atoms with E-state index in [4.69, 9.17) is 6.42 Å². The van der Waals surface area contributed by atoms with Crippen LogP contribution in [0, 0.1) is 23.7 Å². The Hall–Kier alpha value is -0.480. The molecule has 0 aromatic carbocycles. The van der Waals surface area contributed by atoms with E-state index in [1.807, 2.05) is 6.92 Å². The molecule has 1 rings (SSSR count). The van der Waals surface area contributed by atoms with Crippen LogP contribution in [0.15, 0.2) is 0 Å². The molecule has 1 N–H and O–H groups in total. The first-order chi connectivity index (χ1) is 5.06. The molecule has 0 radical (unpaired) electrons. The summed E-state index contributed by atoms with van der Waals surface area (Å²) in [7, 11) is 0. The minimum absolute atomic E-state index is 0.228. The molecular weight excluding hydrogens is 134 g/mol. The summed E-state index contributed by atoms with van der Waals surface area (Å²) in [5.74, 6) is 3.51. The lowest BCUT2D eigenvalue weighted by Crippen LogP contribution is -2.27. The quantitative estimate of drug-likeness (QED) is 0.605. The Balaban J connectivity index is 2.12. The van der Waals surface area contributed by atoms with Crippen LogP contribution in [-0.2, 0) is 0 Å². The van der Waals surface area contributed by atoms with E-state index in [1.54, 1.807) is 0 Å². The smallest absolute Gasteiger partial charge is 0.0658 e. The number of terminal acetylenes is 1. The second-order valence-electron chi connectivity index (χ2n) is 4.19. The van der Waals surface area contributed by atoms with E-state index in [2.05, 4.69) is 25.1 Å². The van der Waals surface area contributed by atoms with Crippen LogP contribution < -0.4 is 5.32 Å². The van der Waals surface area contributed by atoms with Gasteiger partial charge in [-0.3, -0.25) is 0 Å². The second-order valence-corrected chi connectivity index (χ2v) is 4.19. The van der Waals surface area contributed by atoms with Crippen molar-refractivity contribution < 1.29 is 0 Å². The molecule has 0 spiro atoms. The Morgan fingerprint density at radius 3 is 2.64 bits per heavy atom. The van der Waals surface area contributed by atoms with Crippen molar-refractivity contribution in [3.05, 3.63) is 0 Å². The van der Waals surface area contributed by atoms with E-state index in [0.717, 1.165) is 12.5 Å². The molecule has 0 aliphatic heterocycles. The van der Waals surface area contributed by atoms with Gasteiger partial charge in [0, 0.05) is 0 Å². The summed E-state index contributed by atoms with van der Waals surface area (Å²) in [6.45, 7) is 7.72. The van der Waals surface area contributed by atoms with Crippen molar-refractivity contribution >= 4 is 0 Å². The van der Waals surface area contributed by atoms with Gasteiger partial charge in [0.2, 0.25) is 0 Å². The van der Waals surface area contributed by atoms with E-state index in [1.165, 1.54) is 6.42 Å². The van der Waals surface area contributed by atoms with E-state index in [0.29, 0.717) is 5.41 Å². The zero-order chi connectivity index (χ0) is 8.48. The molecule has 1 aliphatic rings. The molecule has 1 aliphatic carbocycles. The summed E-state index contributed by atoms with van der Waals surface area (Å²) in [6, 6.07) is 0.228. The SMILES string of the molecule is C#CC(C)NCC1CC1(C)C. The maximum absolute atomic E-state index is 5.23. The molecule has 0 aromatic heterocycles. The van der Waals surface area contributed by atoms with Crippen LogP contribution >= 0.6 is 0 Å². The van der Waals surface area contributed by atoms with Gasteiger partial charge in [-0.2, -0.15) is 0 Å².